The number of ether oxygens (including phenoxy) is 2. The fourth-order valence-corrected chi connectivity index (χ4v) is 3.31. The van der Waals surface area contributed by atoms with Gasteiger partial charge in [0.05, 0.1) is 39.0 Å². The number of hydrogen-bond acceptors (Lipinski definition) is 7. The van der Waals surface area contributed by atoms with Gasteiger partial charge in [0, 0.05) is 12.6 Å². The van der Waals surface area contributed by atoms with Crippen molar-refractivity contribution in [2.24, 2.45) is 5.73 Å². The molecule has 26 heavy (non-hydrogen) atoms. The summed E-state index contributed by atoms with van der Waals surface area (Å²) in [5.74, 6) is 5.59. The van der Waals surface area contributed by atoms with Gasteiger partial charge in [-0.2, -0.15) is 4.98 Å². The van der Waals surface area contributed by atoms with E-state index in [0.717, 1.165) is 0 Å². The molecule has 142 valence electrons. The summed E-state index contributed by atoms with van der Waals surface area (Å²) < 4.78 is 18.8. The van der Waals surface area contributed by atoms with Gasteiger partial charge in [0.2, 0.25) is 0 Å². The minimum absolute atomic E-state index is 0.0706. The quantitative estimate of drug-likeness (QED) is 0.387. The highest BCUT2D eigenvalue weighted by molar-refractivity contribution is 8.41. The maximum atomic E-state index is 12.3. The summed E-state index contributed by atoms with van der Waals surface area (Å²) in [6.07, 6.45) is 2.60. The number of anilines is 1. The van der Waals surface area contributed by atoms with Crippen LogP contribution < -0.4 is 17.2 Å². The molecule has 0 aromatic carbocycles. The minimum Gasteiger partial charge on any atom is -0.382 e. The second-order valence-corrected chi connectivity index (χ2v) is 11.2. The topological polar surface area (TPSA) is 115 Å². The fraction of sp³-hybridized carbons (Fsp3) is 0.467. The number of nitrogens with zero attached hydrogens (tertiary/aromatic N) is 2. The van der Waals surface area contributed by atoms with Crippen molar-refractivity contribution in [3.8, 4) is 11.8 Å². The normalized spacial score (nSPS) is 22.2. The maximum Gasteiger partial charge on any atom is 0.351 e. The monoisotopic (exact) mass is 416 g/mol. The highest BCUT2D eigenvalue weighted by Gasteiger charge is 2.38. The lowest BCUT2D eigenvalue weighted by molar-refractivity contribution is -0.0513. The molecule has 5 atom stereocenters. The number of rotatable bonds is 7. The zero-order valence-corrected chi connectivity index (χ0v) is 17.4. The molecule has 8 nitrogen and oxygen atoms in total. The van der Waals surface area contributed by atoms with Gasteiger partial charge in [0.15, 0.2) is 0 Å². The Morgan fingerprint density at radius 3 is 3.00 bits per heavy atom. The molecule has 0 aliphatic carbocycles. The zero-order valence-electron chi connectivity index (χ0n) is 14.2. The van der Waals surface area contributed by atoms with E-state index in [0.29, 0.717) is 25.2 Å². The smallest absolute Gasteiger partial charge is 0.351 e. The van der Waals surface area contributed by atoms with Crippen LogP contribution in [0.3, 0.4) is 0 Å². The van der Waals surface area contributed by atoms with Crippen LogP contribution in [0.1, 0.15) is 18.2 Å². The summed E-state index contributed by atoms with van der Waals surface area (Å²) in [7, 11) is 4.49. The molecule has 2 heterocycles. The van der Waals surface area contributed by atoms with Crippen LogP contribution in [0.15, 0.2) is 23.6 Å². The van der Waals surface area contributed by atoms with Crippen molar-refractivity contribution in [2.75, 3.05) is 25.5 Å². The molecule has 0 bridgehead atoms. The van der Waals surface area contributed by atoms with E-state index in [-0.39, 0.29) is 24.6 Å². The Kier molecular flexibility index (Phi) is 8.60. The highest BCUT2D eigenvalue weighted by Crippen LogP contribution is 2.54. The molecule has 0 saturated carbocycles. The van der Waals surface area contributed by atoms with Crippen molar-refractivity contribution in [2.45, 2.75) is 24.9 Å². The van der Waals surface area contributed by atoms with E-state index in [1.165, 1.54) is 4.57 Å². The highest BCUT2D eigenvalue weighted by atomic mass is 32.4. The zero-order chi connectivity index (χ0) is 19.1. The van der Waals surface area contributed by atoms with Crippen LogP contribution in [0.25, 0.3) is 0 Å². The van der Waals surface area contributed by atoms with Crippen LogP contribution >= 0.6 is 25.4 Å². The molecule has 1 aromatic rings. The summed E-state index contributed by atoms with van der Waals surface area (Å²) in [5.41, 5.74) is 11.1. The first kappa shape index (κ1) is 21.4. The van der Waals surface area contributed by atoms with Crippen LogP contribution in [-0.4, -0.2) is 41.5 Å². The Bertz CT molecular complexity index is 747. The van der Waals surface area contributed by atoms with E-state index in [9.17, 15) is 4.79 Å². The molecule has 2 rings (SSSR count). The van der Waals surface area contributed by atoms with Crippen LogP contribution in [-0.2, 0) is 14.0 Å². The van der Waals surface area contributed by atoms with Gasteiger partial charge in [0.1, 0.15) is 18.1 Å². The van der Waals surface area contributed by atoms with Gasteiger partial charge >= 0.3 is 5.69 Å². The predicted octanol–water partition coefficient (Wildman–Crippen LogP) is 0.988. The standard InChI is InChI=1S/C15H23N4O4P3/c1-2-6-21-11-7-13(23-12(11)9-22-26(24)25)19-8-10(4-3-5-16)14(17)18-15(19)20/h2,8,11-13H,1,5-7,9,16,24-25H2,(H2,17,18,20). The average molecular weight is 416 g/mol. The van der Waals surface area contributed by atoms with Gasteiger partial charge < -0.3 is 25.5 Å². The molecule has 1 aromatic heterocycles. The summed E-state index contributed by atoms with van der Waals surface area (Å²) in [6, 6.07) is 0. The predicted molar refractivity (Wildman–Crippen MR) is 110 cm³/mol. The van der Waals surface area contributed by atoms with Gasteiger partial charge in [-0.3, -0.25) is 4.57 Å². The lowest BCUT2D eigenvalue weighted by atomic mass is 10.2. The first-order chi connectivity index (χ1) is 12.5. The third-order valence-corrected chi connectivity index (χ3v) is 4.95. The van der Waals surface area contributed by atoms with E-state index < -0.39 is 19.4 Å². The second-order valence-electron chi connectivity index (χ2n) is 5.42. The first-order valence-electron chi connectivity index (χ1n) is 7.84. The van der Waals surface area contributed by atoms with E-state index in [1.807, 2.05) is 0 Å². The molecule has 1 fully saturated rings. The van der Waals surface area contributed by atoms with Gasteiger partial charge in [0.25, 0.3) is 0 Å². The van der Waals surface area contributed by atoms with Gasteiger partial charge in [-0.1, -0.05) is 35.8 Å². The van der Waals surface area contributed by atoms with E-state index in [1.54, 1.807) is 12.3 Å². The fourth-order valence-electron chi connectivity index (χ4n) is 2.48. The number of hydrogen-bond donors (Lipinski definition) is 2. The molecule has 0 spiro atoms. The van der Waals surface area contributed by atoms with E-state index in [4.69, 9.17) is 25.5 Å². The molecular weight excluding hydrogens is 393 g/mol. The summed E-state index contributed by atoms with van der Waals surface area (Å²) >= 11 is 0. The lowest BCUT2D eigenvalue weighted by Gasteiger charge is -2.19. The number of nitrogen functional groups attached to an aromatic ring is 1. The van der Waals surface area contributed by atoms with Gasteiger partial charge in [-0.15, -0.1) is 6.58 Å². The molecule has 0 radical (unpaired) electrons. The summed E-state index contributed by atoms with van der Waals surface area (Å²) in [4.78, 5) is 16.1. The molecule has 11 heteroatoms. The molecule has 5 unspecified atom stereocenters. The van der Waals surface area contributed by atoms with Crippen LogP contribution in [0, 0.1) is 11.8 Å². The average Bonchev–Trinajstić information content (AvgIpc) is 3.00. The summed E-state index contributed by atoms with van der Waals surface area (Å²) in [5, 5.41) is 0. The van der Waals surface area contributed by atoms with Crippen LogP contribution in [0.5, 0.6) is 0 Å². The Balaban J connectivity index is 2.24. The Morgan fingerprint density at radius 1 is 1.58 bits per heavy atom. The Hall–Kier alpha value is -0.890. The molecule has 4 N–H and O–H groups in total. The van der Waals surface area contributed by atoms with Crippen LogP contribution in [0.2, 0.25) is 0 Å². The molecule has 1 saturated heterocycles. The molecular formula is C15H23N4O4P3. The lowest BCUT2D eigenvalue weighted by Crippen LogP contribution is -2.29. The number of aromatic nitrogens is 2. The van der Waals surface area contributed by atoms with Crippen LogP contribution in [0.4, 0.5) is 5.82 Å². The summed E-state index contributed by atoms with van der Waals surface area (Å²) in [6.45, 7) is 4.58. The molecule has 0 amide bonds. The third kappa shape index (κ3) is 5.81. The van der Waals surface area contributed by atoms with E-state index >= 15 is 0 Å². The van der Waals surface area contributed by atoms with Crippen molar-refractivity contribution >= 4 is 31.2 Å². The SMILES string of the molecule is C=CCOC1CC(n2cc(C#CCN)c(N)nc2=O)OC1COP(P)P. The minimum atomic E-state index is -0.690. The maximum absolute atomic E-state index is 12.3. The van der Waals surface area contributed by atoms with Crippen molar-refractivity contribution in [1.82, 2.24) is 9.55 Å². The number of nitrogens with two attached hydrogens (primary N) is 2. The first-order valence-corrected chi connectivity index (χ1v) is 12.3. The van der Waals surface area contributed by atoms with Crippen molar-refractivity contribution in [1.29, 1.82) is 0 Å². The van der Waals surface area contributed by atoms with Crippen molar-refractivity contribution in [3.05, 3.63) is 34.9 Å². The Labute approximate surface area is 158 Å². The molecule has 1 aliphatic heterocycles. The third-order valence-electron chi connectivity index (χ3n) is 3.61. The van der Waals surface area contributed by atoms with Crippen molar-refractivity contribution < 1.29 is 14.0 Å². The molecule has 1 aliphatic rings. The van der Waals surface area contributed by atoms with E-state index in [2.05, 4.69) is 41.3 Å². The van der Waals surface area contributed by atoms with Gasteiger partial charge in [-0.05, 0) is 0 Å². The van der Waals surface area contributed by atoms with Gasteiger partial charge in [-0.25, -0.2) is 4.79 Å². The Morgan fingerprint density at radius 2 is 2.35 bits per heavy atom. The second kappa shape index (κ2) is 10.4. The largest absolute Gasteiger partial charge is 0.382 e. The van der Waals surface area contributed by atoms with Crippen molar-refractivity contribution in [3.63, 3.8) is 0 Å².